The van der Waals surface area contributed by atoms with Crippen molar-refractivity contribution in [3.8, 4) is 0 Å². The SMILES string of the molecule is [2H]C1C(O)C23CCCCC12CCCC3. The molecule has 3 saturated carbocycles. The molecule has 3 rings (SSSR count). The Morgan fingerprint density at radius 3 is 2.08 bits per heavy atom. The van der Waals surface area contributed by atoms with Crippen molar-refractivity contribution < 1.29 is 6.48 Å². The van der Waals surface area contributed by atoms with Crippen molar-refractivity contribution in [2.45, 2.75) is 63.9 Å². The molecule has 0 aromatic rings. The second-order valence-electron chi connectivity index (χ2n) is 5.34. The summed E-state index contributed by atoms with van der Waals surface area (Å²) in [4.78, 5) is 0. The largest absolute Gasteiger partial charge is 0.393 e. The fourth-order valence-electron chi connectivity index (χ4n) is 4.30. The molecule has 2 unspecified atom stereocenters. The highest BCUT2D eigenvalue weighted by molar-refractivity contribution is 5.15. The molecule has 2 atom stereocenters. The van der Waals surface area contributed by atoms with Gasteiger partial charge in [0.25, 0.3) is 0 Å². The van der Waals surface area contributed by atoms with Crippen molar-refractivity contribution in [1.82, 2.24) is 0 Å². The maximum Gasteiger partial charge on any atom is 0.0607 e. The van der Waals surface area contributed by atoms with Crippen LogP contribution in [0.15, 0.2) is 0 Å². The molecule has 13 heavy (non-hydrogen) atoms. The monoisotopic (exact) mass is 181 g/mol. The molecule has 1 heteroatoms. The van der Waals surface area contributed by atoms with Crippen molar-refractivity contribution >= 4 is 0 Å². The van der Waals surface area contributed by atoms with Crippen LogP contribution in [0.25, 0.3) is 0 Å². The summed E-state index contributed by atoms with van der Waals surface area (Å²) >= 11 is 0. The van der Waals surface area contributed by atoms with E-state index in [0.717, 1.165) is 0 Å². The Labute approximate surface area is 81.9 Å². The third-order valence-electron chi connectivity index (χ3n) is 5.03. The van der Waals surface area contributed by atoms with Crippen LogP contribution in [0.2, 0.25) is 0 Å². The standard InChI is InChI=1S/C12H20O/c13-10-9-11-5-1-3-7-12(10,11)8-4-2-6-11/h10,13H,1-9H2/i9D. The minimum atomic E-state index is -0.303. The second-order valence-corrected chi connectivity index (χ2v) is 5.34. The van der Waals surface area contributed by atoms with Crippen molar-refractivity contribution in [1.29, 1.82) is 0 Å². The highest BCUT2D eigenvalue weighted by Crippen LogP contribution is 2.70. The molecule has 0 spiro atoms. The molecule has 0 amide bonds. The third kappa shape index (κ3) is 0.823. The van der Waals surface area contributed by atoms with Crippen LogP contribution in [0.3, 0.4) is 0 Å². The van der Waals surface area contributed by atoms with E-state index in [2.05, 4.69) is 0 Å². The van der Waals surface area contributed by atoms with Crippen molar-refractivity contribution in [3.05, 3.63) is 0 Å². The van der Waals surface area contributed by atoms with E-state index in [9.17, 15) is 5.11 Å². The molecule has 1 N–H and O–H groups in total. The van der Waals surface area contributed by atoms with Crippen molar-refractivity contribution in [3.63, 3.8) is 0 Å². The summed E-state index contributed by atoms with van der Waals surface area (Å²) in [7, 11) is 0. The molecule has 3 aliphatic rings. The maximum atomic E-state index is 10.1. The van der Waals surface area contributed by atoms with Crippen LogP contribution >= 0.6 is 0 Å². The van der Waals surface area contributed by atoms with E-state index in [-0.39, 0.29) is 23.3 Å². The molecule has 0 aliphatic heterocycles. The van der Waals surface area contributed by atoms with Gasteiger partial charge in [0, 0.05) is 6.79 Å². The predicted molar refractivity (Wildman–Crippen MR) is 52.4 cm³/mol. The van der Waals surface area contributed by atoms with Crippen LogP contribution in [0.4, 0.5) is 0 Å². The second kappa shape index (κ2) is 2.50. The van der Waals surface area contributed by atoms with E-state index in [0.29, 0.717) is 0 Å². The predicted octanol–water partition coefficient (Wildman–Crippen LogP) is 2.87. The summed E-state index contributed by atoms with van der Waals surface area (Å²) in [5.74, 6) is 0. The molecule has 1 nitrogen and oxygen atoms in total. The van der Waals surface area contributed by atoms with Gasteiger partial charge in [-0.25, -0.2) is 0 Å². The molecular weight excluding hydrogens is 160 g/mol. The Morgan fingerprint density at radius 2 is 1.54 bits per heavy atom. The first-order valence-electron chi connectivity index (χ1n) is 6.41. The highest BCUT2D eigenvalue weighted by atomic mass is 16.3. The quantitative estimate of drug-likeness (QED) is 0.609. The van der Waals surface area contributed by atoms with E-state index in [1.165, 1.54) is 51.4 Å². The lowest BCUT2D eigenvalue weighted by Crippen LogP contribution is -2.64. The van der Waals surface area contributed by atoms with Crippen molar-refractivity contribution in [2.75, 3.05) is 0 Å². The van der Waals surface area contributed by atoms with Gasteiger partial charge in [0.1, 0.15) is 0 Å². The van der Waals surface area contributed by atoms with E-state index in [1.807, 2.05) is 0 Å². The lowest BCUT2D eigenvalue weighted by atomic mass is 9.38. The first-order valence-corrected chi connectivity index (χ1v) is 5.83. The van der Waals surface area contributed by atoms with Gasteiger partial charge in [0.05, 0.1) is 6.10 Å². The van der Waals surface area contributed by atoms with Crippen LogP contribution < -0.4 is 0 Å². The van der Waals surface area contributed by atoms with Gasteiger partial charge in [-0.2, -0.15) is 0 Å². The Bertz CT molecular complexity index is 213. The van der Waals surface area contributed by atoms with Gasteiger partial charge in [0.15, 0.2) is 0 Å². The summed E-state index contributed by atoms with van der Waals surface area (Å²) in [5, 5.41) is 10.1. The van der Waals surface area contributed by atoms with Gasteiger partial charge in [-0.1, -0.05) is 25.7 Å². The molecule has 3 aliphatic carbocycles. The third-order valence-corrected chi connectivity index (χ3v) is 5.03. The van der Waals surface area contributed by atoms with E-state index in [1.54, 1.807) is 0 Å². The highest BCUT2D eigenvalue weighted by Gasteiger charge is 2.65. The topological polar surface area (TPSA) is 20.2 Å². The van der Waals surface area contributed by atoms with Crippen LogP contribution in [0.5, 0.6) is 0 Å². The minimum absolute atomic E-state index is 0.164. The molecule has 0 radical (unpaired) electrons. The summed E-state index contributed by atoms with van der Waals surface area (Å²) in [6, 6.07) is 0. The number of rotatable bonds is 0. The zero-order valence-electron chi connectivity index (χ0n) is 9.26. The zero-order valence-corrected chi connectivity index (χ0v) is 8.26. The van der Waals surface area contributed by atoms with Gasteiger partial charge in [0.2, 0.25) is 0 Å². The average Bonchev–Trinajstić information content (AvgIpc) is 2.26. The number of aliphatic hydroxyl groups is 1. The molecule has 0 bridgehead atoms. The van der Waals surface area contributed by atoms with E-state index < -0.39 is 0 Å². The lowest BCUT2D eigenvalue weighted by molar-refractivity contribution is -0.235. The van der Waals surface area contributed by atoms with Gasteiger partial charge in [-0.15, -0.1) is 0 Å². The Balaban J connectivity index is 1.98. The summed E-state index contributed by atoms with van der Waals surface area (Å²) in [6.07, 6.45) is 9.53. The van der Waals surface area contributed by atoms with Gasteiger partial charge in [-0.3, -0.25) is 0 Å². The average molecular weight is 181 g/mol. The maximum absolute atomic E-state index is 10.1. The van der Waals surface area contributed by atoms with Gasteiger partial charge in [-0.05, 0) is 37.5 Å². The van der Waals surface area contributed by atoms with Gasteiger partial charge < -0.3 is 5.11 Å². The molecule has 74 valence electrons. The van der Waals surface area contributed by atoms with Crippen molar-refractivity contribution in [2.24, 2.45) is 10.8 Å². The van der Waals surface area contributed by atoms with Crippen LogP contribution in [-0.2, 0) is 0 Å². The normalized spacial score (nSPS) is 61.5. The Morgan fingerprint density at radius 1 is 1.00 bits per heavy atom. The Kier molecular flexibility index (Phi) is 1.40. The van der Waals surface area contributed by atoms with E-state index in [4.69, 9.17) is 1.37 Å². The number of hydrogen-bond acceptors (Lipinski definition) is 1. The molecule has 0 aromatic heterocycles. The minimum Gasteiger partial charge on any atom is -0.393 e. The summed E-state index contributed by atoms with van der Waals surface area (Å²) in [5.41, 5.74) is 0.429. The van der Waals surface area contributed by atoms with Crippen LogP contribution in [0.1, 0.15) is 59.1 Å². The summed E-state index contributed by atoms with van der Waals surface area (Å²) in [6.45, 7) is 0. The molecule has 0 aromatic carbocycles. The molecule has 3 fully saturated rings. The molecule has 0 saturated heterocycles. The lowest BCUT2D eigenvalue weighted by Gasteiger charge is -2.68. The van der Waals surface area contributed by atoms with Crippen LogP contribution in [0, 0.1) is 10.8 Å². The summed E-state index contributed by atoms with van der Waals surface area (Å²) < 4.78 is 8.10. The molecule has 0 heterocycles. The fraction of sp³-hybridized carbons (Fsp3) is 1.00. The number of aliphatic hydroxyl groups excluding tert-OH is 1. The van der Waals surface area contributed by atoms with E-state index >= 15 is 0 Å². The smallest absolute Gasteiger partial charge is 0.0607 e. The first-order chi connectivity index (χ1) is 6.73. The van der Waals surface area contributed by atoms with Gasteiger partial charge >= 0.3 is 0 Å². The molecular formula is C12H20O. The first kappa shape index (κ1) is 7.28. The van der Waals surface area contributed by atoms with Crippen LogP contribution in [-0.4, -0.2) is 11.2 Å². The Hall–Kier alpha value is -0.0400. The number of hydrogen-bond donors (Lipinski definition) is 1. The fourth-order valence-corrected chi connectivity index (χ4v) is 4.30. The zero-order chi connectivity index (χ0) is 9.81.